The van der Waals surface area contributed by atoms with E-state index in [0.29, 0.717) is 17.9 Å². The molecular formula is C18H20N2O3S2. The third-order valence-corrected chi connectivity index (χ3v) is 7.12. The highest BCUT2D eigenvalue weighted by Crippen LogP contribution is 2.37. The van der Waals surface area contributed by atoms with Gasteiger partial charge in [-0.25, -0.2) is 8.42 Å². The highest BCUT2D eigenvalue weighted by molar-refractivity contribution is 8.01. The zero-order chi connectivity index (χ0) is 18.2. The molecule has 0 spiro atoms. The smallest absolute Gasteiger partial charge is 0.264 e. The summed E-state index contributed by atoms with van der Waals surface area (Å²) in [6, 6.07) is 12.3. The maximum atomic E-state index is 13.1. The molecule has 132 valence electrons. The summed E-state index contributed by atoms with van der Waals surface area (Å²) in [6.45, 7) is 5.87. The molecule has 2 aromatic rings. The first kappa shape index (κ1) is 17.8. The van der Waals surface area contributed by atoms with Crippen LogP contribution in [0.1, 0.15) is 19.4 Å². The van der Waals surface area contributed by atoms with Gasteiger partial charge in [-0.15, -0.1) is 11.8 Å². The Morgan fingerprint density at radius 1 is 1.20 bits per heavy atom. The van der Waals surface area contributed by atoms with E-state index in [1.165, 1.54) is 16.1 Å². The van der Waals surface area contributed by atoms with Crippen LogP contribution in [0, 0.1) is 6.92 Å². The molecule has 0 unspecified atom stereocenters. The van der Waals surface area contributed by atoms with Gasteiger partial charge in [0.25, 0.3) is 10.0 Å². The number of rotatable bonds is 4. The van der Waals surface area contributed by atoms with E-state index in [-0.39, 0.29) is 16.1 Å². The van der Waals surface area contributed by atoms with Crippen molar-refractivity contribution in [1.82, 2.24) is 0 Å². The van der Waals surface area contributed by atoms with Crippen molar-refractivity contribution in [3.63, 3.8) is 0 Å². The van der Waals surface area contributed by atoms with Crippen LogP contribution >= 0.6 is 11.8 Å². The van der Waals surface area contributed by atoms with E-state index in [1.807, 2.05) is 32.0 Å². The summed E-state index contributed by atoms with van der Waals surface area (Å²) in [6.07, 6.45) is 0. The average molecular weight is 377 g/mol. The third-order valence-electron chi connectivity index (χ3n) is 4.05. The van der Waals surface area contributed by atoms with Gasteiger partial charge in [0.1, 0.15) is 0 Å². The summed E-state index contributed by atoms with van der Waals surface area (Å²) in [5, 5.41) is 2.60. The Kier molecular flexibility index (Phi) is 4.79. The molecule has 1 N–H and O–H groups in total. The normalized spacial score (nSPS) is 16.9. The summed E-state index contributed by atoms with van der Waals surface area (Å²) in [5.74, 6) is -0.113. The molecule has 0 radical (unpaired) electrons. The van der Waals surface area contributed by atoms with E-state index in [0.717, 1.165) is 10.5 Å². The van der Waals surface area contributed by atoms with Crippen LogP contribution in [0.2, 0.25) is 0 Å². The van der Waals surface area contributed by atoms with Crippen LogP contribution in [0.4, 0.5) is 11.4 Å². The standard InChI is InChI=1S/C18H20N2O3S2/c1-4-20(14-7-5-6-12(2)10-14)25(22,23)15-8-9-17-16(11-15)19-18(21)13(3)24-17/h5-11,13H,4H2,1-3H3,(H,19,21)/t13-/m0/s1. The lowest BCUT2D eigenvalue weighted by Gasteiger charge is -2.25. The van der Waals surface area contributed by atoms with Crippen LogP contribution < -0.4 is 9.62 Å². The van der Waals surface area contributed by atoms with Gasteiger partial charge in [-0.1, -0.05) is 12.1 Å². The number of sulfonamides is 1. The summed E-state index contributed by atoms with van der Waals surface area (Å²) in [4.78, 5) is 12.9. The van der Waals surface area contributed by atoms with Crippen LogP contribution in [0.15, 0.2) is 52.3 Å². The van der Waals surface area contributed by atoms with Gasteiger partial charge in [0.05, 0.1) is 21.5 Å². The van der Waals surface area contributed by atoms with Gasteiger partial charge in [0.2, 0.25) is 5.91 Å². The highest BCUT2D eigenvalue weighted by atomic mass is 32.2. The predicted octanol–water partition coefficient (Wildman–Crippen LogP) is 3.64. The molecule has 1 atom stereocenters. The fourth-order valence-corrected chi connectivity index (χ4v) is 5.17. The van der Waals surface area contributed by atoms with Crippen LogP contribution in [-0.4, -0.2) is 26.1 Å². The predicted molar refractivity (Wildman–Crippen MR) is 102 cm³/mol. The first-order chi connectivity index (χ1) is 11.8. The van der Waals surface area contributed by atoms with Crippen molar-refractivity contribution in [1.29, 1.82) is 0 Å². The molecule has 0 aliphatic carbocycles. The fraction of sp³-hybridized carbons (Fsp3) is 0.278. The van der Waals surface area contributed by atoms with E-state index in [2.05, 4.69) is 5.32 Å². The van der Waals surface area contributed by atoms with Crippen LogP contribution in [0.3, 0.4) is 0 Å². The largest absolute Gasteiger partial charge is 0.324 e. The van der Waals surface area contributed by atoms with Gasteiger partial charge >= 0.3 is 0 Å². The topological polar surface area (TPSA) is 66.5 Å². The monoisotopic (exact) mass is 376 g/mol. The first-order valence-corrected chi connectivity index (χ1v) is 10.4. The lowest BCUT2D eigenvalue weighted by molar-refractivity contribution is -0.115. The van der Waals surface area contributed by atoms with Crippen molar-refractivity contribution in [2.45, 2.75) is 35.8 Å². The molecule has 0 fully saturated rings. The molecule has 2 aromatic carbocycles. The van der Waals surface area contributed by atoms with Gasteiger partial charge in [-0.3, -0.25) is 9.10 Å². The number of amides is 1. The Bertz CT molecular complexity index is 926. The number of nitrogens with zero attached hydrogens (tertiary/aromatic N) is 1. The maximum absolute atomic E-state index is 13.1. The first-order valence-electron chi connectivity index (χ1n) is 8.04. The summed E-state index contributed by atoms with van der Waals surface area (Å²) in [5.41, 5.74) is 2.18. The minimum absolute atomic E-state index is 0.113. The second-order valence-electron chi connectivity index (χ2n) is 5.92. The van der Waals surface area contributed by atoms with Crippen molar-refractivity contribution in [3.8, 4) is 0 Å². The molecule has 1 aliphatic rings. The molecule has 1 aliphatic heterocycles. The molecule has 0 aromatic heterocycles. The van der Waals surface area contributed by atoms with Crippen molar-refractivity contribution in [2.75, 3.05) is 16.2 Å². The van der Waals surface area contributed by atoms with Gasteiger partial charge in [-0.2, -0.15) is 0 Å². The van der Waals surface area contributed by atoms with E-state index in [1.54, 1.807) is 31.2 Å². The zero-order valence-electron chi connectivity index (χ0n) is 14.3. The second kappa shape index (κ2) is 6.72. The second-order valence-corrected chi connectivity index (χ2v) is 9.16. The minimum atomic E-state index is -3.71. The SMILES string of the molecule is CCN(c1cccc(C)c1)S(=O)(=O)c1ccc2c(c1)NC(=O)[C@H](C)S2. The Balaban J connectivity index is 2.02. The number of anilines is 2. The van der Waals surface area contributed by atoms with Crippen LogP contribution in [-0.2, 0) is 14.8 Å². The molecule has 0 saturated carbocycles. The van der Waals surface area contributed by atoms with E-state index in [4.69, 9.17) is 0 Å². The minimum Gasteiger partial charge on any atom is -0.324 e. The number of benzene rings is 2. The molecule has 0 bridgehead atoms. The van der Waals surface area contributed by atoms with Crippen molar-refractivity contribution >= 4 is 39.1 Å². The van der Waals surface area contributed by atoms with Gasteiger partial charge in [0.15, 0.2) is 0 Å². The van der Waals surface area contributed by atoms with Gasteiger partial charge in [0, 0.05) is 11.4 Å². The number of hydrogen-bond donors (Lipinski definition) is 1. The van der Waals surface area contributed by atoms with Gasteiger partial charge < -0.3 is 5.32 Å². The number of carbonyl (C=O) groups excluding carboxylic acids is 1. The molecule has 1 heterocycles. The van der Waals surface area contributed by atoms with Crippen molar-refractivity contribution in [3.05, 3.63) is 48.0 Å². The molecule has 25 heavy (non-hydrogen) atoms. The number of fused-ring (bicyclic) bond motifs is 1. The Labute approximate surface area is 152 Å². The Morgan fingerprint density at radius 2 is 1.96 bits per heavy atom. The van der Waals surface area contributed by atoms with E-state index >= 15 is 0 Å². The number of nitrogens with one attached hydrogen (secondary N) is 1. The summed E-state index contributed by atoms with van der Waals surface area (Å²) >= 11 is 1.43. The zero-order valence-corrected chi connectivity index (χ0v) is 15.9. The molecule has 7 heteroatoms. The summed E-state index contributed by atoms with van der Waals surface area (Å²) in [7, 11) is -3.71. The number of carbonyl (C=O) groups is 1. The molecular weight excluding hydrogens is 356 g/mol. The number of hydrogen-bond acceptors (Lipinski definition) is 4. The number of thioether (sulfide) groups is 1. The van der Waals surface area contributed by atoms with Crippen LogP contribution in [0.5, 0.6) is 0 Å². The van der Waals surface area contributed by atoms with E-state index < -0.39 is 10.0 Å². The lowest BCUT2D eigenvalue weighted by Crippen LogP contribution is -2.31. The quantitative estimate of drug-likeness (QED) is 0.885. The Morgan fingerprint density at radius 3 is 2.64 bits per heavy atom. The van der Waals surface area contributed by atoms with Crippen molar-refractivity contribution < 1.29 is 13.2 Å². The third kappa shape index (κ3) is 3.39. The van der Waals surface area contributed by atoms with E-state index in [9.17, 15) is 13.2 Å². The van der Waals surface area contributed by atoms with Gasteiger partial charge in [-0.05, 0) is 56.7 Å². The molecule has 0 saturated heterocycles. The summed E-state index contributed by atoms with van der Waals surface area (Å²) < 4.78 is 27.6. The molecule has 3 rings (SSSR count). The number of aryl methyl sites for hydroxylation is 1. The fourth-order valence-electron chi connectivity index (χ4n) is 2.75. The molecule has 1 amide bonds. The van der Waals surface area contributed by atoms with Crippen molar-refractivity contribution in [2.24, 2.45) is 0 Å². The maximum Gasteiger partial charge on any atom is 0.264 e. The molecule has 5 nitrogen and oxygen atoms in total. The van der Waals surface area contributed by atoms with Crippen LogP contribution in [0.25, 0.3) is 0 Å². The average Bonchev–Trinajstić information content (AvgIpc) is 2.56. The Hall–Kier alpha value is -1.99. The highest BCUT2D eigenvalue weighted by Gasteiger charge is 2.28. The lowest BCUT2D eigenvalue weighted by atomic mass is 10.2.